The largest absolute Gasteiger partial charge is 0.380 e. The Labute approximate surface area is 151 Å². The lowest BCUT2D eigenvalue weighted by Crippen LogP contribution is -2.17. The molecule has 0 spiro atoms. The van der Waals surface area contributed by atoms with Gasteiger partial charge in [0.2, 0.25) is 0 Å². The number of fused-ring (bicyclic) bond motifs is 1. The van der Waals surface area contributed by atoms with Crippen molar-refractivity contribution in [3.8, 4) is 0 Å². The number of halogens is 4. The molecule has 25 heavy (non-hydrogen) atoms. The fourth-order valence-electron chi connectivity index (χ4n) is 2.70. The van der Waals surface area contributed by atoms with Gasteiger partial charge in [-0.1, -0.05) is 6.07 Å². The highest BCUT2D eigenvalue weighted by Gasteiger charge is 2.18. The van der Waals surface area contributed by atoms with Crippen LogP contribution in [-0.4, -0.2) is 22.8 Å². The van der Waals surface area contributed by atoms with E-state index in [1.165, 1.54) is 6.07 Å². The first-order chi connectivity index (χ1) is 11.9. The molecule has 3 aromatic rings. The van der Waals surface area contributed by atoms with Crippen LogP contribution in [0.3, 0.4) is 0 Å². The van der Waals surface area contributed by atoms with Crippen molar-refractivity contribution in [2.75, 3.05) is 7.11 Å². The summed E-state index contributed by atoms with van der Waals surface area (Å²) in [6, 6.07) is 6.87. The van der Waals surface area contributed by atoms with Gasteiger partial charge >= 0.3 is 0 Å². The van der Waals surface area contributed by atoms with Gasteiger partial charge < -0.3 is 9.30 Å². The van der Waals surface area contributed by atoms with Gasteiger partial charge in [0.05, 0.1) is 22.6 Å². The van der Waals surface area contributed by atoms with Crippen molar-refractivity contribution >= 4 is 27.0 Å². The van der Waals surface area contributed by atoms with Crippen LogP contribution in [0.5, 0.6) is 0 Å². The van der Waals surface area contributed by atoms with Gasteiger partial charge in [-0.2, -0.15) is 0 Å². The third-order valence-corrected chi connectivity index (χ3v) is 4.70. The molecule has 0 saturated heterocycles. The van der Waals surface area contributed by atoms with Crippen LogP contribution in [-0.2, 0) is 17.7 Å². The van der Waals surface area contributed by atoms with Crippen molar-refractivity contribution in [3.05, 3.63) is 63.6 Å². The Balaban J connectivity index is 2.10. The van der Waals surface area contributed by atoms with Crippen molar-refractivity contribution in [1.82, 2.24) is 9.55 Å². The quantitative estimate of drug-likeness (QED) is 0.560. The number of rotatable bonds is 5. The highest BCUT2D eigenvalue weighted by molar-refractivity contribution is 9.10. The lowest BCUT2D eigenvalue weighted by molar-refractivity contribution is 0.103. The summed E-state index contributed by atoms with van der Waals surface area (Å²) in [6.07, 6.45) is -0.105. The minimum Gasteiger partial charge on any atom is -0.380 e. The van der Waals surface area contributed by atoms with Crippen LogP contribution in [0, 0.1) is 17.5 Å². The molecule has 0 amide bonds. The third kappa shape index (κ3) is 3.57. The zero-order chi connectivity index (χ0) is 18.1. The Morgan fingerprint density at radius 1 is 1.16 bits per heavy atom. The maximum atomic E-state index is 14.2. The Kier molecular flexibility index (Phi) is 5.15. The lowest BCUT2D eigenvalue weighted by Gasteiger charge is -2.14. The van der Waals surface area contributed by atoms with Crippen molar-refractivity contribution in [2.45, 2.75) is 26.0 Å². The molecule has 3 nitrogen and oxygen atoms in total. The Morgan fingerprint density at radius 2 is 1.92 bits per heavy atom. The second-order valence-electron chi connectivity index (χ2n) is 5.83. The molecule has 0 saturated carbocycles. The van der Waals surface area contributed by atoms with Gasteiger partial charge in [0.25, 0.3) is 0 Å². The fraction of sp³-hybridized carbons (Fsp3) is 0.278. The summed E-state index contributed by atoms with van der Waals surface area (Å²) >= 11 is 2.96. The van der Waals surface area contributed by atoms with Crippen LogP contribution in [0.25, 0.3) is 11.0 Å². The molecule has 0 aliphatic rings. The number of aromatic nitrogens is 2. The highest BCUT2D eigenvalue weighted by atomic mass is 79.9. The van der Waals surface area contributed by atoms with Crippen LogP contribution >= 0.6 is 15.9 Å². The minimum atomic E-state index is -0.560. The number of hydrogen-bond donors (Lipinski definition) is 0. The topological polar surface area (TPSA) is 27.1 Å². The SMILES string of the molecule is CO[C@H](C)Cn1c(Cc2cc(F)c(Br)cc2F)nc2c(F)cccc21. The van der Waals surface area contributed by atoms with Crippen LogP contribution in [0.1, 0.15) is 18.3 Å². The summed E-state index contributed by atoms with van der Waals surface area (Å²) in [5.74, 6) is -1.11. The van der Waals surface area contributed by atoms with E-state index in [4.69, 9.17) is 4.74 Å². The van der Waals surface area contributed by atoms with Crippen molar-refractivity contribution in [1.29, 1.82) is 0 Å². The van der Waals surface area contributed by atoms with Crippen LogP contribution < -0.4 is 0 Å². The number of imidazole rings is 1. The number of para-hydroxylation sites is 1. The van der Waals surface area contributed by atoms with Gasteiger partial charge in [-0.15, -0.1) is 0 Å². The molecule has 7 heteroatoms. The summed E-state index contributed by atoms with van der Waals surface area (Å²) < 4.78 is 49.2. The van der Waals surface area contributed by atoms with E-state index in [2.05, 4.69) is 20.9 Å². The maximum absolute atomic E-state index is 14.2. The summed E-state index contributed by atoms with van der Waals surface area (Å²) in [7, 11) is 1.58. The Hall–Kier alpha value is -1.86. The standard InChI is InChI=1S/C18H16BrF3N2O/c1-10(25-2)9-24-16-5-3-4-13(20)18(16)23-17(24)7-11-6-15(22)12(19)8-14(11)21/h3-6,8,10H,7,9H2,1-2H3/t10-/m1/s1. The number of ether oxygens (including phenoxy) is 1. The molecule has 0 aliphatic carbocycles. The van der Waals surface area contributed by atoms with E-state index in [1.54, 1.807) is 23.8 Å². The van der Waals surface area contributed by atoms with Gasteiger partial charge in [0, 0.05) is 13.5 Å². The molecule has 3 rings (SSSR count). The molecule has 132 valence electrons. The van der Waals surface area contributed by atoms with Crippen molar-refractivity contribution in [2.24, 2.45) is 0 Å². The van der Waals surface area contributed by atoms with Gasteiger partial charge in [-0.3, -0.25) is 0 Å². The lowest BCUT2D eigenvalue weighted by atomic mass is 10.1. The van der Waals surface area contributed by atoms with E-state index < -0.39 is 17.5 Å². The summed E-state index contributed by atoms with van der Waals surface area (Å²) in [6.45, 7) is 2.29. The van der Waals surface area contributed by atoms with Gasteiger partial charge in [0.15, 0.2) is 5.82 Å². The molecule has 1 aromatic heterocycles. The molecule has 1 atom stereocenters. The second kappa shape index (κ2) is 7.17. The van der Waals surface area contributed by atoms with E-state index in [-0.39, 0.29) is 28.1 Å². The first-order valence-electron chi connectivity index (χ1n) is 7.70. The van der Waals surface area contributed by atoms with Gasteiger partial charge in [-0.25, -0.2) is 18.2 Å². The number of hydrogen-bond acceptors (Lipinski definition) is 2. The molecule has 1 heterocycles. The zero-order valence-corrected chi connectivity index (χ0v) is 15.3. The number of methoxy groups -OCH3 is 1. The van der Waals surface area contributed by atoms with E-state index >= 15 is 0 Å². The number of nitrogens with zero attached hydrogens (tertiary/aromatic N) is 2. The van der Waals surface area contributed by atoms with E-state index in [1.807, 2.05) is 6.92 Å². The first-order valence-corrected chi connectivity index (χ1v) is 8.49. The van der Waals surface area contributed by atoms with Crippen molar-refractivity contribution in [3.63, 3.8) is 0 Å². The van der Waals surface area contributed by atoms with Crippen LogP contribution in [0.4, 0.5) is 13.2 Å². The van der Waals surface area contributed by atoms with Crippen LogP contribution in [0.2, 0.25) is 0 Å². The monoisotopic (exact) mass is 412 g/mol. The first kappa shape index (κ1) is 17.9. The molecule has 2 aromatic carbocycles. The van der Waals surface area contributed by atoms with Gasteiger partial charge in [-0.05, 0) is 52.7 Å². The summed E-state index contributed by atoms with van der Waals surface area (Å²) in [5.41, 5.74) is 0.957. The van der Waals surface area contributed by atoms with E-state index in [9.17, 15) is 13.2 Å². The molecule has 0 N–H and O–H groups in total. The third-order valence-electron chi connectivity index (χ3n) is 4.09. The van der Waals surface area contributed by atoms with Crippen LogP contribution in [0.15, 0.2) is 34.8 Å². The molecule has 0 bridgehead atoms. The van der Waals surface area contributed by atoms with Gasteiger partial charge in [0.1, 0.15) is 23.0 Å². The molecule has 0 aliphatic heterocycles. The molecule has 0 unspecified atom stereocenters. The molecular formula is C18H16BrF3N2O. The minimum absolute atomic E-state index is 0.0422. The summed E-state index contributed by atoms with van der Waals surface area (Å²) in [4.78, 5) is 4.32. The average Bonchev–Trinajstić information content (AvgIpc) is 2.91. The maximum Gasteiger partial charge on any atom is 0.151 e. The molecule has 0 radical (unpaired) electrons. The predicted octanol–water partition coefficient (Wildman–Crippen LogP) is 4.84. The van der Waals surface area contributed by atoms with Crippen molar-refractivity contribution < 1.29 is 17.9 Å². The highest BCUT2D eigenvalue weighted by Crippen LogP contribution is 2.25. The smallest absolute Gasteiger partial charge is 0.151 e. The zero-order valence-electron chi connectivity index (χ0n) is 13.7. The van der Waals surface area contributed by atoms with E-state index in [0.29, 0.717) is 17.9 Å². The Bertz CT molecular complexity index is 926. The second-order valence-corrected chi connectivity index (χ2v) is 6.68. The molecule has 0 fully saturated rings. The normalized spacial score (nSPS) is 12.7. The fourth-order valence-corrected chi connectivity index (χ4v) is 3.02. The summed E-state index contributed by atoms with van der Waals surface area (Å²) in [5, 5.41) is 0. The number of benzene rings is 2. The average molecular weight is 413 g/mol. The van der Waals surface area contributed by atoms with E-state index in [0.717, 1.165) is 12.1 Å². The Morgan fingerprint density at radius 3 is 2.64 bits per heavy atom. The molecular weight excluding hydrogens is 397 g/mol. The predicted molar refractivity (Wildman–Crippen MR) is 93.0 cm³/mol.